The monoisotopic (exact) mass is 494 g/mol. The van der Waals surface area contributed by atoms with E-state index in [4.69, 9.17) is 14.5 Å². The summed E-state index contributed by atoms with van der Waals surface area (Å²) < 4.78 is 12.6. The molecular weight excluding hydrogens is 468 g/mol. The Morgan fingerprint density at radius 2 is 1.81 bits per heavy atom. The predicted molar refractivity (Wildman–Crippen MR) is 139 cm³/mol. The van der Waals surface area contributed by atoms with Crippen LogP contribution in [0.3, 0.4) is 0 Å². The highest BCUT2D eigenvalue weighted by atomic mass is 16.7. The summed E-state index contributed by atoms with van der Waals surface area (Å²) >= 11 is 0. The van der Waals surface area contributed by atoms with Crippen molar-refractivity contribution in [2.45, 2.75) is 25.8 Å². The van der Waals surface area contributed by atoms with Gasteiger partial charge in [-0.15, -0.1) is 0 Å². The van der Waals surface area contributed by atoms with Gasteiger partial charge in [0.25, 0.3) is 5.91 Å². The number of anilines is 1. The van der Waals surface area contributed by atoms with Crippen molar-refractivity contribution in [1.29, 1.82) is 0 Å². The standard InChI is InChI=1S/C29H26N4O4/c1-19-6-5-9-23(14-19)33-16-24(20-7-3-2-4-8-20)30-29(33)31-27(34)17-32(22-11-12-22)28(35)21-10-13-25-26(15-21)37-18-36-25/h2-10,13-16,22H,11-12,17-18H2,1H3,(H,30,31,34). The van der Waals surface area contributed by atoms with Crippen LogP contribution in [0.5, 0.6) is 11.5 Å². The minimum Gasteiger partial charge on any atom is -0.454 e. The second kappa shape index (κ2) is 9.46. The molecule has 0 bridgehead atoms. The average molecular weight is 495 g/mol. The number of benzene rings is 3. The van der Waals surface area contributed by atoms with Gasteiger partial charge in [-0.05, 0) is 55.7 Å². The first kappa shape index (κ1) is 22.8. The molecule has 186 valence electrons. The number of aryl methyl sites for hydroxylation is 1. The number of nitrogens with one attached hydrogen (secondary N) is 1. The Kier molecular flexibility index (Phi) is 5.84. The number of hydrogen-bond acceptors (Lipinski definition) is 5. The molecule has 1 aliphatic carbocycles. The van der Waals surface area contributed by atoms with E-state index >= 15 is 0 Å². The van der Waals surface area contributed by atoms with Crippen LogP contribution in [-0.2, 0) is 4.79 Å². The zero-order chi connectivity index (χ0) is 25.4. The SMILES string of the molecule is Cc1cccc(-n2cc(-c3ccccc3)nc2NC(=O)CN(C(=O)c2ccc3c(c2)OCO3)C2CC2)c1. The molecule has 1 N–H and O–H groups in total. The van der Waals surface area contributed by atoms with Gasteiger partial charge in [0.15, 0.2) is 11.5 Å². The number of rotatable bonds is 7. The molecule has 6 rings (SSSR count). The van der Waals surface area contributed by atoms with Gasteiger partial charge in [-0.2, -0.15) is 0 Å². The molecule has 1 fully saturated rings. The van der Waals surface area contributed by atoms with Crippen LogP contribution in [0.1, 0.15) is 28.8 Å². The van der Waals surface area contributed by atoms with Gasteiger partial charge in [-0.25, -0.2) is 4.98 Å². The molecular formula is C29H26N4O4. The lowest BCUT2D eigenvalue weighted by Gasteiger charge is -2.22. The lowest BCUT2D eigenvalue weighted by atomic mass is 10.1. The van der Waals surface area contributed by atoms with E-state index in [9.17, 15) is 9.59 Å². The maximum atomic E-state index is 13.4. The molecule has 4 aromatic rings. The number of carbonyl (C=O) groups is 2. The summed E-state index contributed by atoms with van der Waals surface area (Å²) in [5, 5.41) is 2.95. The molecule has 0 atom stereocenters. The summed E-state index contributed by atoms with van der Waals surface area (Å²) in [6.45, 7) is 2.09. The zero-order valence-corrected chi connectivity index (χ0v) is 20.4. The number of amides is 2. The number of carbonyl (C=O) groups excluding carboxylic acids is 2. The zero-order valence-electron chi connectivity index (χ0n) is 20.4. The maximum Gasteiger partial charge on any atom is 0.254 e. The quantitative estimate of drug-likeness (QED) is 0.398. The van der Waals surface area contributed by atoms with Crippen LogP contribution in [0.2, 0.25) is 0 Å². The minimum atomic E-state index is -0.305. The van der Waals surface area contributed by atoms with E-state index in [1.807, 2.05) is 72.3 Å². The Bertz CT molecular complexity index is 1480. The van der Waals surface area contributed by atoms with Gasteiger partial charge in [0.2, 0.25) is 18.6 Å². The van der Waals surface area contributed by atoms with Gasteiger partial charge in [-0.3, -0.25) is 19.5 Å². The van der Waals surface area contributed by atoms with Crippen molar-refractivity contribution in [2.24, 2.45) is 0 Å². The molecule has 37 heavy (non-hydrogen) atoms. The van der Waals surface area contributed by atoms with E-state index in [2.05, 4.69) is 5.32 Å². The van der Waals surface area contributed by atoms with Crippen LogP contribution >= 0.6 is 0 Å². The third kappa shape index (κ3) is 4.78. The number of hydrogen-bond donors (Lipinski definition) is 1. The number of imidazole rings is 1. The number of nitrogens with zero attached hydrogens (tertiary/aromatic N) is 3. The van der Waals surface area contributed by atoms with Gasteiger partial charge in [-0.1, -0.05) is 42.5 Å². The van der Waals surface area contributed by atoms with E-state index in [1.54, 1.807) is 23.1 Å². The number of ether oxygens (including phenoxy) is 2. The van der Waals surface area contributed by atoms with Crippen LogP contribution < -0.4 is 14.8 Å². The van der Waals surface area contributed by atoms with Crippen molar-refractivity contribution in [3.63, 3.8) is 0 Å². The fourth-order valence-corrected chi connectivity index (χ4v) is 4.46. The van der Waals surface area contributed by atoms with Crippen molar-refractivity contribution in [3.8, 4) is 28.4 Å². The van der Waals surface area contributed by atoms with E-state index in [1.165, 1.54) is 0 Å². The van der Waals surface area contributed by atoms with E-state index in [-0.39, 0.29) is 31.2 Å². The van der Waals surface area contributed by atoms with Crippen LogP contribution in [0.4, 0.5) is 5.95 Å². The Morgan fingerprint density at radius 3 is 2.59 bits per heavy atom. The van der Waals surface area contributed by atoms with Gasteiger partial charge < -0.3 is 14.4 Å². The first-order valence-electron chi connectivity index (χ1n) is 12.3. The molecule has 1 aliphatic heterocycles. The van der Waals surface area contributed by atoms with Gasteiger partial charge in [0.1, 0.15) is 6.54 Å². The van der Waals surface area contributed by atoms with Crippen molar-refractivity contribution in [1.82, 2.24) is 14.5 Å². The fraction of sp³-hybridized carbons (Fsp3) is 0.207. The summed E-state index contributed by atoms with van der Waals surface area (Å²) in [4.78, 5) is 33.0. The van der Waals surface area contributed by atoms with Gasteiger partial charge in [0.05, 0.1) is 5.69 Å². The van der Waals surface area contributed by atoms with Crippen molar-refractivity contribution < 1.29 is 19.1 Å². The highest BCUT2D eigenvalue weighted by Crippen LogP contribution is 2.34. The minimum absolute atomic E-state index is 0.0417. The lowest BCUT2D eigenvalue weighted by Crippen LogP contribution is -2.39. The molecule has 0 spiro atoms. The highest BCUT2D eigenvalue weighted by Gasteiger charge is 2.35. The van der Waals surface area contributed by atoms with Crippen LogP contribution in [0.15, 0.2) is 79.0 Å². The second-order valence-corrected chi connectivity index (χ2v) is 9.31. The van der Waals surface area contributed by atoms with E-state index < -0.39 is 0 Å². The van der Waals surface area contributed by atoms with Gasteiger partial charge in [0, 0.05) is 29.1 Å². The van der Waals surface area contributed by atoms with Gasteiger partial charge >= 0.3 is 0 Å². The number of aromatic nitrogens is 2. The third-order valence-corrected chi connectivity index (χ3v) is 6.49. The van der Waals surface area contributed by atoms with Crippen LogP contribution in [0.25, 0.3) is 16.9 Å². The molecule has 0 radical (unpaired) electrons. The maximum absolute atomic E-state index is 13.4. The molecule has 0 saturated heterocycles. The Labute approximate surface area is 214 Å². The normalized spacial score (nSPS) is 13.9. The first-order valence-corrected chi connectivity index (χ1v) is 12.3. The summed E-state index contributed by atoms with van der Waals surface area (Å²) in [7, 11) is 0. The molecule has 1 aromatic heterocycles. The molecule has 1 saturated carbocycles. The average Bonchev–Trinajstić information content (AvgIpc) is 3.49. The Morgan fingerprint density at radius 1 is 1.00 bits per heavy atom. The molecule has 8 heteroatoms. The summed E-state index contributed by atoms with van der Waals surface area (Å²) in [6.07, 6.45) is 3.66. The molecule has 8 nitrogen and oxygen atoms in total. The topological polar surface area (TPSA) is 85.7 Å². The Hall–Kier alpha value is -4.59. The van der Waals surface area contributed by atoms with Crippen LogP contribution in [0, 0.1) is 6.92 Å². The van der Waals surface area contributed by atoms with Crippen molar-refractivity contribution >= 4 is 17.8 Å². The third-order valence-electron chi connectivity index (χ3n) is 6.49. The highest BCUT2D eigenvalue weighted by molar-refractivity contribution is 6.00. The molecule has 2 amide bonds. The van der Waals surface area contributed by atoms with Crippen molar-refractivity contribution in [2.75, 3.05) is 18.7 Å². The smallest absolute Gasteiger partial charge is 0.254 e. The fourth-order valence-electron chi connectivity index (χ4n) is 4.46. The lowest BCUT2D eigenvalue weighted by molar-refractivity contribution is -0.117. The van der Waals surface area contributed by atoms with Crippen molar-refractivity contribution in [3.05, 3.63) is 90.1 Å². The van der Waals surface area contributed by atoms with Crippen LogP contribution in [-0.4, -0.2) is 45.6 Å². The number of fused-ring (bicyclic) bond motifs is 1. The predicted octanol–water partition coefficient (Wildman–Crippen LogP) is 4.82. The summed E-state index contributed by atoms with van der Waals surface area (Å²) in [5.41, 5.74) is 4.14. The van der Waals surface area contributed by atoms with E-state index in [0.717, 1.165) is 35.3 Å². The second-order valence-electron chi connectivity index (χ2n) is 9.31. The molecule has 2 heterocycles. The van der Waals surface area contributed by atoms with E-state index in [0.29, 0.717) is 23.0 Å². The largest absolute Gasteiger partial charge is 0.454 e. The molecule has 2 aliphatic rings. The summed E-state index contributed by atoms with van der Waals surface area (Å²) in [6, 6.07) is 23.0. The Balaban J connectivity index is 1.26. The molecule has 0 unspecified atom stereocenters. The first-order chi connectivity index (χ1) is 18.0. The summed E-state index contributed by atoms with van der Waals surface area (Å²) in [5.74, 6) is 1.05. The molecule has 3 aromatic carbocycles.